The molecule has 67 heavy (non-hydrogen) atoms. The average Bonchev–Trinajstić information content (AvgIpc) is 3.33. The van der Waals surface area contributed by atoms with Gasteiger partial charge in [-0.2, -0.15) is 0 Å². The maximum atomic E-state index is 4.50. The molecule has 0 spiro atoms. The summed E-state index contributed by atoms with van der Waals surface area (Å²) in [5.41, 5.74) is 5.94. The number of hydrogen-bond acceptors (Lipinski definition) is 13. The second kappa shape index (κ2) is 35.7. The van der Waals surface area contributed by atoms with Gasteiger partial charge in [0.05, 0.1) is 33.9 Å². The highest BCUT2D eigenvalue weighted by molar-refractivity contribution is 9.09. The molecule has 3 aromatic carbocycles. The number of aromatic nitrogens is 3. The van der Waals surface area contributed by atoms with Crippen LogP contribution in [0.1, 0.15) is 0 Å². The summed E-state index contributed by atoms with van der Waals surface area (Å²) in [5.74, 6) is 6.77. The van der Waals surface area contributed by atoms with Crippen molar-refractivity contribution >= 4 is 127 Å². The van der Waals surface area contributed by atoms with Crippen LogP contribution < -0.4 is 62.8 Å². The van der Waals surface area contributed by atoms with Crippen LogP contribution in [0.3, 0.4) is 0 Å². The molecule has 3 aromatic heterocycles. The van der Waals surface area contributed by atoms with Crippen LogP contribution in [-0.4, -0.2) is 76.0 Å². The number of hydrogen-bond donors (Lipinski definition) is 0. The highest BCUT2D eigenvalue weighted by Gasteiger charge is 2.11. The second-order valence-electron chi connectivity index (χ2n) is 14.3. The number of halogens is 4. The van der Waals surface area contributed by atoms with E-state index in [9.17, 15) is 0 Å². The van der Waals surface area contributed by atoms with Gasteiger partial charge < -0.3 is 48.7 Å². The number of alkyl halides is 2. The molecule has 0 atom stereocenters. The van der Waals surface area contributed by atoms with E-state index in [0.29, 0.717) is 0 Å². The maximum Gasteiger partial charge on any atom is 0.350 e. The lowest BCUT2D eigenvalue weighted by molar-refractivity contribution is -0.680. The molecule has 0 aliphatic heterocycles. The Morgan fingerprint density at radius 2 is 0.791 bits per heavy atom. The molecule has 0 saturated heterocycles. The zero-order valence-electron chi connectivity index (χ0n) is 38.6. The van der Waals surface area contributed by atoms with Crippen molar-refractivity contribution in [2.75, 3.05) is 90.7 Å². The normalized spacial score (nSPS) is 10.7. The maximum absolute atomic E-state index is 4.50. The highest BCUT2D eigenvalue weighted by Crippen LogP contribution is 2.25. The molecule has 0 saturated carbocycles. The third kappa shape index (κ3) is 24.2. The van der Waals surface area contributed by atoms with Gasteiger partial charge in [-0.05, 0) is 106 Å². The predicted molar refractivity (Wildman–Crippen MR) is 289 cm³/mol. The molecular weight excluding hydrogens is 1180 g/mol. The van der Waals surface area contributed by atoms with Gasteiger partial charge in [-0.15, -0.1) is 0 Å². The molecule has 6 aromatic rings. The number of aryl methyl sites for hydroxylation is 2. The van der Waals surface area contributed by atoms with Gasteiger partial charge in [-0.3, -0.25) is 0 Å². The molecule has 0 unspecified atom stereocenters. The van der Waals surface area contributed by atoms with Crippen molar-refractivity contribution in [3.63, 3.8) is 0 Å². The van der Waals surface area contributed by atoms with Crippen LogP contribution in [0, 0.1) is 0 Å². The summed E-state index contributed by atoms with van der Waals surface area (Å²) in [6.07, 6.45) is 5.93. The number of pyridine rings is 3. The molecule has 1 N–H and O–H groups in total. The second-order valence-corrected chi connectivity index (χ2v) is 21.2. The first-order valence-electron chi connectivity index (χ1n) is 20.8. The molecule has 20 heteroatoms. The molecular formula is C47H59Br4N12S4+. The fourth-order valence-electron chi connectivity index (χ4n) is 5.29. The molecule has 0 bridgehead atoms. The smallest absolute Gasteiger partial charge is 0.350 e. The van der Waals surface area contributed by atoms with Crippen LogP contribution in [0.4, 0.5) is 51.6 Å². The largest absolute Gasteiger partial charge is 1.00 e. The van der Waals surface area contributed by atoms with Gasteiger partial charge in [-0.25, -0.2) is 14.1 Å². The van der Waals surface area contributed by atoms with Gasteiger partial charge in [0.2, 0.25) is 0 Å². The Morgan fingerprint density at radius 1 is 0.433 bits per heavy atom. The standard InChI is InChI=1S/C30H36N8S2.C13H14N4.C4H8Br2S2.2BrH/c1-35(2)27-15-11-25(12-16-27)31-33-29-9-5-7-19-37(29)21-23-39-40-24-22-38-20-8-6-10-30(38)34-32-26-13-17-28(18-14-26)36(3)4;1-17(2)12-8-6-11(7-9-12)15-16-13-5-3-4-10-14-13;5-1-3-7-8-4-2-6;;/h5-20H,21-24H2,1-4H3;3-10H,1-2H3;1-4H2;2*1H/q+2;;;;/p-1. The monoisotopic (exact) mass is 1240 g/mol. The first-order valence-corrected chi connectivity index (χ1v) is 28.0. The summed E-state index contributed by atoms with van der Waals surface area (Å²) in [6.45, 7) is 1.72. The number of aromatic amines is 1. The van der Waals surface area contributed by atoms with Gasteiger partial charge in [0.25, 0.3) is 0 Å². The summed E-state index contributed by atoms with van der Waals surface area (Å²) in [5, 5.41) is 28.3. The lowest BCUT2D eigenvalue weighted by atomic mass is 10.3. The SMILES string of the molecule is BrCCSSCCBr.CN(C)c1ccc(N=Nc2cccc[n+]2CCSSCC[n+]2ccccc2N=Nc2ccc(N(C)C)cc2)cc1.CN(C)c1ccc(N=Nc2cccc[nH+]2)cc1.[Br-].[Br-]. The Morgan fingerprint density at radius 3 is 1.13 bits per heavy atom. The number of azo groups is 3. The summed E-state index contributed by atoms with van der Waals surface area (Å²) in [7, 11) is 19.7. The van der Waals surface area contributed by atoms with Gasteiger partial charge in [0.1, 0.15) is 30.2 Å². The van der Waals surface area contributed by atoms with Gasteiger partial charge in [-0.1, -0.05) is 93.2 Å². The third-order valence-electron chi connectivity index (χ3n) is 8.75. The first-order chi connectivity index (χ1) is 31.7. The Kier molecular flexibility index (Phi) is 31.8. The van der Waals surface area contributed by atoms with Gasteiger partial charge >= 0.3 is 17.5 Å². The van der Waals surface area contributed by atoms with Crippen molar-refractivity contribution in [2.24, 2.45) is 30.7 Å². The van der Waals surface area contributed by atoms with Gasteiger partial charge in [0, 0.05) is 111 Å². The molecule has 0 amide bonds. The molecule has 358 valence electrons. The molecule has 12 nitrogen and oxygen atoms in total. The fraction of sp³-hybridized carbons (Fsp3) is 0.298. The third-order valence-corrected chi connectivity index (χ3v) is 15.4. The number of benzene rings is 3. The lowest BCUT2D eigenvalue weighted by Crippen LogP contribution is -3.00. The van der Waals surface area contributed by atoms with Crippen molar-refractivity contribution in [3.8, 4) is 0 Å². The van der Waals surface area contributed by atoms with E-state index < -0.39 is 0 Å². The minimum Gasteiger partial charge on any atom is -1.00 e. The van der Waals surface area contributed by atoms with E-state index in [4.69, 9.17) is 0 Å². The van der Waals surface area contributed by atoms with Crippen LogP contribution in [0.5, 0.6) is 0 Å². The van der Waals surface area contributed by atoms with E-state index in [1.165, 1.54) is 11.5 Å². The Bertz CT molecular complexity index is 2200. The molecule has 0 radical (unpaired) electrons. The molecule has 6 rings (SSSR count). The quantitative estimate of drug-likeness (QED) is 0.0243. The van der Waals surface area contributed by atoms with Crippen molar-refractivity contribution in [1.82, 2.24) is 0 Å². The van der Waals surface area contributed by atoms with Crippen LogP contribution >= 0.6 is 75.0 Å². The van der Waals surface area contributed by atoms with E-state index in [-0.39, 0.29) is 34.0 Å². The van der Waals surface area contributed by atoms with Crippen molar-refractivity contribution in [2.45, 2.75) is 13.1 Å². The van der Waals surface area contributed by atoms with E-state index in [2.05, 4.69) is 98.9 Å². The zero-order chi connectivity index (χ0) is 46.5. The zero-order valence-corrected chi connectivity index (χ0v) is 48.2. The molecule has 0 fully saturated rings. The summed E-state index contributed by atoms with van der Waals surface area (Å²) >= 11 is 6.71. The number of nitrogens with zero attached hydrogens (tertiary/aromatic N) is 11. The van der Waals surface area contributed by atoms with Crippen LogP contribution in [0.2, 0.25) is 0 Å². The Balaban J connectivity index is 0.000000469. The van der Waals surface area contributed by atoms with E-state index in [1.54, 1.807) is 0 Å². The van der Waals surface area contributed by atoms with Crippen molar-refractivity contribution in [3.05, 3.63) is 146 Å². The first kappa shape index (κ1) is 59.8. The predicted octanol–water partition coefficient (Wildman–Crippen LogP) is 7.45. The highest BCUT2D eigenvalue weighted by atomic mass is 79.9. The number of H-pyrrole nitrogens is 1. The Hall–Kier alpha value is -3.37. The van der Waals surface area contributed by atoms with E-state index in [0.717, 1.165) is 86.8 Å². The number of nitrogens with one attached hydrogen (secondary N) is 1. The number of rotatable bonds is 21. The van der Waals surface area contributed by atoms with Crippen LogP contribution in [0.25, 0.3) is 0 Å². The number of anilines is 3. The average molecular weight is 1240 g/mol. The van der Waals surface area contributed by atoms with Gasteiger partial charge in [0.15, 0.2) is 0 Å². The summed E-state index contributed by atoms with van der Waals surface area (Å²) < 4.78 is 4.28. The topological polar surface area (TPSA) is 106 Å². The van der Waals surface area contributed by atoms with E-state index in [1.807, 2.05) is 224 Å². The lowest BCUT2D eigenvalue weighted by Gasteiger charge is -2.11. The summed E-state index contributed by atoms with van der Waals surface area (Å²) in [4.78, 5) is 9.18. The van der Waals surface area contributed by atoms with Crippen molar-refractivity contribution in [1.29, 1.82) is 0 Å². The minimum absolute atomic E-state index is 0. The minimum atomic E-state index is 0. The van der Waals surface area contributed by atoms with Crippen molar-refractivity contribution < 1.29 is 48.1 Å². The fourth-order valence-corrected chi connectivity index (χ4v) is 11.1. The Labute approximate surface area is 451 Å². The molecule has 0 aliphatic rings. The molecule has 0 aliphatic carbocycles. The van der Waals surface area contributed by atoms with E-state index >= 15 is 0 Å². The molecule has 3 heterocycles. The van der Waals surface area contributed by atoms with Crippen LogP contribution in [0.15, 0.2) is 177 Å². The summed E-state index contributed by atoms with van der Waals surface area (Å²) in [6, 6.07) is 41.8. The van der Waals surface area contributed by atoms with Crippen LogP contribution in [-0.2, 0) is 13.1 Å².